The van der Waals surface area contributed by atoms with Gasteiger partial charge in [0.2, 0.25) is 0 Å². The molecule has 1 heterocycles. The van der Waals surface area contributed by atoms with Gasteiger partial charge >= 0.3 is 19.5 Å². The summed E-state index contributed by atoms with van der Waals surface area (Å²) in [7, 11) is -0.264. The van der Waals surface area contributed by atoms with E-state index in [9.17, 15) is 0 Å². The van der Waals surface area contributed by atoms with E-state index in [2.05, 4.69) is 97.9 Å². The van der Waals surface area contributed by atoms with Gasteiger partial charge in [0.1, 0.15) is 11.2 Å². The van der Waals surface area contributed by atoms with E-state index in [-0.39, 0.29) is 26.9 Å². The van der Waals surface area contributed by atoms with Crippen LogP contribution in [0.4, 0.5) is 0 Å². The second-order valence-electron chi connectivity index (χ2n) is 6.76. The number of benzene rings is 4. The summed E-state index contributed by atoms with van der Waals surface area (Å²) in [5.41, 5.74) is 1.86. The number of hydrogen-bond acceptors (Lipinski definition) is 2. The van der Waals surface area contributed by atoms with Gasteiger partial charge in [-0.05, 0) is 12.1 Å². The zero-order chi connectivity index (χ0) is 21.0. The zero-order valence-electron chi connectivity index (χ0n) is 19.0. The minimum absolute atomic E-state index is 0. The van der Waals surface area contributed by atoms with Gasteiger partial charge in [-0.1, -0.05) is 91.0 Å². The van der Waals surface area contributed by atoms with Crippen molar-refractivity contribution in [1.29, 1.82) is 0 Å². The van der Waals surface area contributed by atoms with Gasteiger partial charge in [-0.3, -0.25) is 4.74 Å². The third kappa shape index (κ3) is 4.25. The van der Waals surface area contributed by atoms with Gasteiger partial charge in [-0.25, -0.2) is 0 Å². The fourth-order valence-electron chi connectivity index (χ4n) is 4.04. The van der Waals surface area contributed by atoms with Crippen LogP contribution in [0.3, 0.4) is 0 Å². The van der Waals surface area contributed by atoms with E-state index < -0.39 is 7.05 Å². The van der Waals surface area contributed by atoms with Crippen LogP contribution >= 0.6 is 7.05 Å². The molecule has 0 radical (unpaired) electrons. The molecule has 32 heavy (non-hydrogen) atoms. The maximum Gasteiger partial charge on any atom is 2.00 e. The Bertz CT molecular complexity index is 1280. The monoisotopic (exact) mass is 489 g/mol. The fraction of sp³-hybridized carbons (Fsp3) is 0.0714. The molecule has 5 rings (SSSR count). The largest absolute Gasteiger partial charge is 2.00 e. The van der Waals surface area contributed by atoms with Gasteiger partial charge in [0.25, 0.3) is 0 Å². The number of hydrogen-bond donors (Lipinski definition) is 0. The Balaban J connectivity index is 0.000000884. The van der Waals surface area contributed by atoms with Gasteiger partial charge in [-0.15, -0.1) is 0 Å². The molecule has 0 N–H and O–H groups in total. The van der Waals surface area contributed by atoms with Crippen molar-refractivity contribution in [2.45, 2.75) is 6.92 Å². The van der Waals surface area contributed by atoms with Crippen LogP contribution in [0.1, 0.15) is 6.92 Å². The summed E-state index contributed by atoms with van der Waals surface area (Å²) in [6, 6.07) is 35.9. The minimum Gasteiger partial charge on any atom is -0.455 e. The van der Waals surface area contributed by atoms with Crippen molar-refractivity contribution in [3.8, 4) is 0 Å². The van der Waals surface area contributed by atoms with Gasteiger partial charge in [0, 0.05) is 33.7 Å². The second kappa shape index (κ2) is 11.4. The van der Waals surface area contributed by atoms with Crippen molar-refractivity contribution >= 4 is 44.9 Å². The van der Waals surface area contributed by atoms with Crippen LogP contribution in [0.2, 0.25) is 0 Å². The van der Waals surface area contributed by atoms with E-state index in [1.807, 2.05) is 19.2 Å². The first-order valence-electron chi connectivity index (χ1n) is 10.1. The topological polar surface area (TPSA) is 25.5 Å². The molecule has 0 atom stereocenters. The van der Waals surface area contributed by atoms with Gasteiger partial charge in [-0.2, -0.15) is 6.92 Å². The Morgan fingerprint density at radius 1 is 0.656 bits per heavy atom. The molecule has 2 nitrogen and oxygen atoms in total. The number of para-hydroxylation sites is 2. The third-order valence-corrected chi connectivity index (χ3v) is 9.03. The van der Waals surface area contributed by atoms with Crippen molar-refractivity contribution in [2.24, 2.45) is 4.74 Å². The molecule has 0 saturated carbocycles. The summed E-state index contributed by atoms with van der Waals surface area (Å²) >= 11 is 0. The molecule has 4 aromatic carbocycles. The van der Waals surface area contributed by atoms with Crippen LogP contribution in [0.15, 0.2) is 112 Å². The predicted octanol–water partition coefficient (Wildman–Crippen LogP) is 6.98. The molecule has 0 unspecified atom stereocenters. The molecule has 0 aliphatic carbocycles. The van der Waals surface area contributed by atoms with Gasteiger partial charge in [0.15, 0.2) is 0 Å². The molecule has 5 aromatic rings. The van der Waals surface area contributed by atoms with E-state index in [4.69, 9.17) is 9.16 Å². The first-order chi connectivity index (χ1) is 14.8. The molecular weight excluding hydrogens is 463 g/mol. The molecular formula is C28H28NOPZn. The molecule has 0 aliphatic rings. The summed E-state index contributed by atoms with van der Waals surface area (Å²) in [5.74, 6) is 0. The van der Waals surface area contributed by atoms with Crippen LogP contribution in [0.5, 0.6) is 0 Å². The number of fused-ring (bicyclic) bond motifs is 3. The molecule has 0 spiro atoms. The van der Waals surface area contributed by atoms with Crippen molar-refractivity contribution in [3.63, 3.8) is 0 Å². The predicted molar refractivity (Wildman–Crippen MR) is 138 cm³/mol. The van der Waals surface area contributed by atoms with Crippen LogP contribution in [0, 0.1) is 14.4 Å². The average Bonchev–Trinajstić information content (AvgIpc) is 3.22. The van der Waals surface area contributed by atoms with Gasteiger partial charge in [0.05, 0.1) is 7.05 Å². The number of furan rings is 1. The van der Waals surface area contributed by atoms with E-state index in [1.165, 1.54) is 15.9 Å². The zero-order valence-corrected chi connectivity index (χ0v) is 22.9. The summed E-state index contributed by atoms with van der Waals surface area (Å²) in [6.07, 6.45) is 0. The maximum atomic E-state index is 6.40. The Morgan fingerprint density at radius 2 is 1.16 bits per heavy atom. The first kappa shape index (κ1) is 25.8. The van der Waals surface area contributed by atoms with E-state index in [0.29, 0.717) is 0 Å². The Hall–Kier alpha value is -2.47. The molecule has 0 amide bonds. The van der Waals surface area contributed by atoms with E-state index in [0.717, 1.165) is 21.9 Å². The van der Waals surface area contributed by atoms with Crippen molar-refractivity contribution in [1.82, 2.24) is 0 Å². The summed E-state index contributed by atoms with van der Waals surface area (Å²) in [6.45, 7) is 5.00. The fourth-order valence-corrected chi connectivity index (χ4v) is 7.54. The second-order valence-corrected chi connectivity index (χ2v) is 9.94. The Morgan fingerprint density at radius 3 is 1.72 bits per heavy atom. The SMILES string of the molecule is CN=P(c1ccccc1)(c1ccccc1)c1cccc2c1oc1ccccc12.[CH2-]C.[CH3-].[Zn+2]. The van der Waals surface area contributed by atoms with E-state index >= 15 is 0 Å². The molecule has 0 saturated heterocycles. The molecule has 158 valence electrons. The van der Waals surface area contributed by atoms with E-state index in [1.54, 1.807) is 6.92 Å². The summed E-state index contributed by atoms with van der Waals surface area (Å²) in [5, 5.41) is 5.93. The molecule has 0 fully saturated rings. The van der Waals surface area contributed by atoms with Crippen molar-refractivity contribution in [2.75, 3.05) is 7.05 Å². The standard InChI is InChI=1S/C25H20NOP.C2H5.CH3.Zn/c1-26-28(19-11-4-2-5-12-19,20-13-6-3-7-14-20)24-18-10-16-22-21-15-8-9-17-23(21)27-25(22)24;1-2;;/h2-18H,1H3;1H2,2H3;1H3;/q;2*-1;+2. The Labute approximate surface area is 204 Å². The van der Waals surface area contributed by atoms with Crippen LogP contribution in [0.25, 0.3) is 21.9 Å². The normalized spacial score (nSPS) is 10.5. The summed E-state index contributed by atoms with van der Waals surface area (Å²) < 4.78 is 11.5. The van der Waals surface area contributed by atoms with Crippen molar-refractivity contribution < 1.29 is 23.9 Å². The average molecular weight is 491 g/mol. The molecule has 4 heteroatoms. The summed E-state index contributed by atoms with van der Waals surface area (Å²) in [4.78, 5) is 0. The maximum absolute atomic E-state index is 6.40. The third-order valence-electron chi connectivity index (χ3n) is 5.29. The van der Waals surface area contributed by atoms with Gasteiger partial charge < -0.3 is 18.8 Å². The molecule has 1 aromatic heterocycles. The van der Waals surface area contributed by atoms with Crippen LogP contribution < -0.4 is 15.9 Å². The smallest absolute Gasteiger partial charge is 0.455 e. The molecule has 0 bridgehead atoms. The number of rotatable bonds is 3. The Kier molecular flexibility index (Phi) is 9.20. The quantitative estimate of drug-likeness (QED) is 0.152. The van der Waals surface area contributed by atoms with Crippen molar-refractivity contribution in [3.05, 3.63) is 117 Å². The van der Waals surface area contributed by atoms with Crippen LogP contribution in [-0.4, -0.2) is 7.05 Å². The minimum atomic E-state index is -2.20. The number of nitrogens with zero attached hydrogens (tertiary/aromatic N) is 1. The first-order valence-corrected chi connectivity index (χ1v) is 11.8. The van der Waals surface area contributed by atoms with Crippen LogP contribution in [-0.2, 0) is 19.5 Å². The molecule has 0 aliphatic heterocycles.